The third kappa shape index (κ3) is 4.31. The van der Waals surface area contributed by atoms with Gasteiger partial charge in [0.2, 0.25) is 0 Å². The fourth-order valence-electron chi connectivity index (χ4n) is 1.86. The highest BCUT2D eigenvalue weighted by molar-refractivity contribution is 7.92. The standard InChI is InChI=1S/C15H14N2O4S2/c1-22(18,19)14-6-8-15(9-7-14)23(20,21)17-13-4-2-12(3-5-13)10-11-16/h2-9,17H,10H2,1H3. The molecule has 2 rings (SSSR count). The Bertz CT molecular complexity index is 940. The van der Waals surface area contributed by atoms with Crippen LogP contribution in [0.2, 0.25) is 0 Å². The van der Waals surface area contributed by atoms with Crippen LogP contribution in [0.4, 0.5) is 5.69 Å². The van der Waals surface area contributed by atoms with Gasteiger partial charge in [0, 0.05) is 11.9 Å². The summed E-state index contributed by atoms with van der Waals surface area (Å²) in [6, 6.07) is 13.4. The number of hydrogen-bond acceptors (Lipinski definition) is 5. The van der Waals surface area contributed by atoms with Gasteiger partial charge in [-0.05, 0) is 42.0 Å². The van der Waals surface area contributed by atoms with Crippen LogP contribution in [-0.2, 0) is 26.3 Å². The van der Waals surface area contributed by atoms with E-state index in [1.807, 2.05) is 6.07 Å². The van der Waals surface area contributed by atoms with Gasteiger partial charge in [-0.1, -0.05) is 12.1 Å². The Morgan fingerprint density at radius 3 is 1.91 bits per heavy atom. The Hall–Kier alpha value is -2.37. The molecule has 0 radical (unpaired) electrons. The lowest BCUT2D eigenvalue weighted by Gasteiger charge is -2.09. The van der Waals surface area contributed by atoms with E-state index in [1.54, 1.807) is 24.3 Å². The molecule has 2 aromatic carbocycles. The molecule has 1 N–H and O–H groups in total. The Morgan fingerprint density at radius 1 is 0.913 bits per heavy atom. The van der Waals surface area contributed by atoms with E-state index in [2.05, 4.69) is 4.72 Å². The summed E-state index contributed by atoms with van der Waals surface area (Å²) in [5.74, 6) is 0. The van der Waals surface area contributed by atoms with Gasteiger partial charge < -0.3 is 0 Å². The van der Waals surface area contributed by atoms with Gasteiger partial charge in [0.15, 0.2) is 9.84 Å². The van der Waals surface area contributed by atoms with Crippen molar-refractivity contribution in [3.05, 3.63) is 54.1 Å². The third-order valence-corrected chi connectivity index (χ3v) is 5.58. The molecule has 0 heterocycles. The fourth-order valence-corrected chi connectivity index (χ4v) is 3.55. The Labute approximate surface area is 135 Å². The Kier molecular flexibility index (Phi) is 4.73. The van der Waals surface area contributed by atoms with Crippen LogP contribution in [-0.4, -0.2) is 23.1 Å². The molecule has 0 bridgehead atoms. The number of sulfone groups is 1. The number of nitrogens with zero attached hydrogens (tertiary/aromatic N) is 1. The summed E-state index contributed by atoms with van der Waals surface area (Å²) in [6.07, 6.45) is 1.30. The molecule has 0 saturated heterocycles. The maximum absolute atomic E-state index is 12.3. The average molecular weight is 350 g/mol. The van der Waals surface area contributed by atoms with Gasteiger partial charge in [0.25, 0.3) is 10.0 Å². The third-order valence-electron chi connectivity index (χ3n) is 3.05. The maximum Gasteiger partial charge on any atom is 0.261 e. The van der Waals surface area contributed by atoms with Crippen molar-refractivity contribution in [3.8, 4) is 6.07 Å². The van der Waals surface area contributed by atoms with E-state index in [0.29, 0.717) is 5.69 Å². The van der Waals surface area contributed by atoms with Crippen LogP contribution < -0.4 is 4.72 Å². The number of nitriles is 1. The monoisotopic (exact) mass is 350 g/mol. The summed E-state index contributed by atoms with van der Waals surface area (Å²) in [6.45, 7) is 0. The fraction of sp³-hybridized carbons (Fsp3) is 0.133. The van der Waals surface area contributed by atoms with Gasteiger partial charge in [-0.25, -0.2) is 16.8 Å². The Balaban J connectivity index is 2.23. The smallest absolute Gasteiger partial charge is 0.261 e. The molecule has 0 aliphatic rings. The number of nitrogens with one attached hydrogen (secondary N) is 1. The normalized spacial score (nSPS) is 11.7. The van der Waals surface area contributed by atoms with Crippen LogP contribution in [0.3, 0.4) is 0 Å². The lowest BCUT2D eigenvalue weighted by molar-refractivity contribution is 0.597. The molecular formula is C15H14N2O4S2. The van der Waals surface area contributed by atoms with Crippen LogP contribution >= 0.6 is 0 Å². The van der Waals surface area contributed by atoms with E-state index in [-0.39, 0.29) is 16.2 Å². The van der Waals surface area contributed by atoms with Gasteiger partial charge in [0.1, 0.15) is 0 Å². The van der Waals surface area contributed by atoms with E-state index in [4.69, 9.17) is 5.26 Å². The van der Waals surface area contributed by atoms with Crippen LogP contribution in [0.1, 0.15) is 5.56 Å². The van der Waals surface area contributed by atoms with Crippen LogP contribution in [0, 0.1) is 11.3 Å². The summed E-state index contributed by atoms with van der Waals surface area (Å²) in [7, 11) is -7.19. The van der Waals surface area contributed by atoms with Crippen molar-refractivity contribution in [2.75, 3.05) is 11.0 Å². The lowest BCUT2D eigenvalue weighted by Crippen LogP contribution is -2.13. The summed E-state index contributed by atoms with van der Waals surface area (Å²) < 4.78 is 49.7. The summed E-state index contributed by atoms with van der Waals surface area (Å²) in [4.78, 5) is 0.0170. The molecule has 8 heteroatoms. The van der Waals surface area contributed by atoms with Crippen LogP contribution in [0.15, 0.2) is 58.3 Å². The largest absolute Gasteiger partial charge is 0.280 e. The van der Waals surface area contributed by atoms with Gasteiger partial charge in [0.05, 0.1) is 22.3 Å². The van der Waals surface area contributed by atoms with Crippen molar-refractivity contribution >= 4 is 25.5 Å². The molecule has 0 aliphatic heterocycles. The minimum absolute atomic E-state index is 0.0361. The second kappa shape index (κ2) is 6.40. The molecule has 0 amide bonds. The topological polar surface area (TPSA) is 104 Å². The minimum Gasteiger partial charge on any atom is -0.280 e. The molecule has 120 valence electrons. The van der Waals surface area contributed by atoms with Crippen molar-refractivity contribution in [2.45, 2.75) is 16.2 Å². The van der Waals surface area contributed by atoms with Gasteiger partial charge in [-0.3, -0.25) is 4.72 Å². The first-order valence-electron chi connectivity index (χ1n) is 6.51. The first kappa shape index (κ1) is 17.0. The molecule has 23 heavy (non-hydrogen) atoms. The Morgan fingerprint density at radius 2 is 1.43 bits per heavy atom. The van der Waals surface area contributed by atoms with E-state index in [9.17, 15) is 16.8 Å². The second-order valence-electron chi connectivity index (χ2n) is 4.88. The van der Waals surface area contributed by atoms with Crippen molar-refractivity contribution in [1.29, 1.82) is 5.26 Å². The highest BCUT2D eigenvalue weighted by Gasteiger charge is 2.15. The first-order valence-corrected chi connectivity index (χ1v) is 9.89. The molecule has 0 aromatic heterocycles. The zero-order chi connectivity index (χ0) is 17.1. The number of benzene rings is 2. The number of hydrogen-bond donors (Lipinski definition) is 1. The molecule has 2 aromatic rings. The van der Waals surface area contributed by atoms with Crippen LogP contribution in [0.5, 0.6) is 0 Å². The zero-order valence-electron chi connectivity index (χ0n) is 12.2. The van der Waals surface area contributed by atoms with Crippen molar-refractivity contribution in [3.63, 3.8) is 0 Å². The molecule has 6 nitrogen and oxygen atoms in total. The van der Waals surface area contributed by atoms with Crippen molar-refractivity contribution < 1.29 is 16.8 Å². The lowest BCUT2D eigenvalue weighted by atomic mass is 10.1. The van der Waals surface area contributed by atoms with E-state index >= 15 is 0 Å². The highest BCUT2D eigenvalue weighted by Crippen LogP contribution is 2.18. The highest BCUT2D eigenvalue weighted by atomic mass is 32.2. The van der Waals surface area contributed by atoms with E-state index < -0.39 is 19.9 Å². The van der Waals surface area contributed by atoms with Gasteiger partial charge in [-0.15, -0.1) is 0 Å². The predicted octanol–water partition coefficient (Wildman–Crippen LogP) is 1.96. The van der Waals surface area contributed by atoms with Crippen LogP contribution in [0.25, 0.3) is 0 Å². The molecule has 0 atom stereocenters. The number of rotatable bonds is 5. The number of sulfonamides is 1. The maximum atomic E-state index is 12.3. The quantitative estimate of drug-likeness (QED) is 0.887. The first-order chi connectivity index (χ1) is 10.7. The SMILES string of the molecule is CS(=O)(=O)c1ccc(S(=O)(=O)Nc2ccc(CC#N)cc2)cc1. The summed E-state index contributed by atoms with van der Waals surface area (Å²) in [5.41, 5.74) is 1.15. The van der Waals surface area contributed by atoms with Gasteiger partial charge in [-0.2, -0.15) is 5.26 Å². The van der Waals surface area contributed by atoms with E-state index in [1.165, 1.54) is 24.3 Å². The molecule has 0 unspecified atom stereocenters. The molecule has 0 fully saturated rings. The molecule has 0 aliphatic carbocycles. The van der Waals surface area contributed by atoms with Crippen molar-refractivity contribution in [1.82, 2.24) is 0 Å². The number of anilines is 1. The predicted molar refractivity (Wildman–Crippen MR) is 86.1 cm³/mol. The zero-order valence-corrected chi connectivity index (χ0v) is 13.9. The average Bonchev–Trinajstić information content (AvgIpc) is 2.48. The minimum atomic E-state index is -3.81. The second-order valence-corrected chi connectivity index (χ2v) is 8.58. The molecular weight excluding hydrogens is 336 g/mol. The molecule has 0 spiro atoms. The van der Waals surface area contributed by atoms with Crippen molar-refractivity contribution in [2.24, 2.45) is 0 Å². The van der Waals surface area contributed by atoms with Gasteiger partial charge >= 0.3 is 0 Å². The summed E-state index contributed by atoms with van der Waals surface area (Å²) in [5, 5.41) is 8.60. The van der Waals surface area contributed by atoms with E-state index in [0.717, 1.165) is 11.8 Å². The summed E-state index contributed by atoms with van der Waals surface area (Å²) >= 11 is 0. The molecule has 0 saturated carbocycles.